The number of amides is 2. The Labute approximate surface area is 168 Å². The van der Waals surface area contributed by atoms with E-state index in [0.717, 1.165) is 28.3 Å². The highest BCUT2D eigenvalue weighted by atomic mass is 16.5. The summed E-state index contributed by atoms with van der Waals surface area (Å²) in [5, 5.41) is 5.74. The maximum absolute atomic E-state index is 12.5. The first kappa shape index (κ1) is 18.5. The minimum Gasteiger partial charge on any atom is -0.494 e. The molecule has 0 aliphatic carbocycles. The molecule has 0 saturated carbocycles. The molecule has 0 unspecified atom stereocenters. The Morgan fingerprint density at radius 2 is 1.97 bits per heavy atom. The number of rotatable bonds is 5. The van der Waals surface area contributed by atoms with Gasteiger partial charge in [-0.25, -0.2) is 14.8 Å². The number of urea groups is 1. The number of carbonyl (C=O) groups is 1. The molecule has 2 aromatic heterocycles. The number of anilines is 2. The van der Waals surface area contributed by atoms with Gasteiger partial charge in [0.2, 0.25) is 5.78 Å². The Hall–Kier alpha value is -3.87. The molecule has 0 spiro atoms. The lowest BCUT2D eigenvalue weighted by atomic mass is 10.1. The van der Waals surface area contributed by atoms with Gasteiger partial charge in [-0.1, -0.05) is 12.1 Å². The Morgan fingerprint density at radius 1 is 1.14 bits per heavy atom. The molecule has 4 aromatic rings. The first-order valence-electron chi connectivity index (χ1n) is 9.34. The summed E-state index contributed by atoms with van der Waals surface area (Å²) in [5.74, 6) is 1.40. The molecule has 2 N–H and O–H groups in total. The second-order valence-corrected chi connectivity index (χ2v) is 6.52. The first-order chi connectivity index (χ1) is 14.1. The zero-order valence-corrected chi connectivity index (χ0v) is 16.2. The van der Waals surface area contributed by atoms with Crippen molar-refractivity contribution in [2.75, 3.05) is 17.2 Å². The van der Waals surface area contributed by atoms with Gasteiger partial charge in [-0.15, -0.1) is 0 Å². The fourth-order valence-electron chi connectivity index (χ4n) is 2.97. The van der Waals surface area contributed by atoms with Gasteiger partial charge in [0.15, 0.2) is 0 Å². The van der Waals surface area contributed by atoms with Gasteiger partial charge in [-0.05, 0) is 55.8 Å². The van der Waals surface area contributed by atoms with Crippen molar-refractivity contribution in [3.8, 4) is 17.0 Å². The van der Waals surface area contributed by atoms with E-state index in [9.17, 15) is 4.79 Å². The number of carbonyl (C=O) groups excluding carboxylic acids is 1. The number of nitrogens with zero attached hydrogens (tertiary/aromatic N) is 3. The number of hydrogen-bond acceptors (Lipinski definition) is 4. The quantitative estimate of drug-likeness (QED) is 0.518. The van der Waals surface area contributed by atoms with Crippen LogP contribution in [-0.4, -0.2) is 27.0 Å². The third-order valence-corrected chi connectivity index (χ3v) is 4.44. The highest BCUT2D eigenvalue weighted by molar-refractivity contribution is 6.00. The highest BCUT2D eigenvalue weighted by Gasteiger charge is 2.10. The number of benzene rings is 2. The van der Waals surface area contributed by atoms with Crippen LogP contribution in [0.4, 0.5) is 16.2 Å². The number of fused-ring (bicyclic) bond motifs is 1. The van der Waals surface area contributed by atoms with Gasteiger partial charge in [-0.3, -0.25) is 4.40 Å². The second-order valence-electron chi connectivity index (χ2n) is 6.52. The average Bonchev–Trinajstić information content (AvgIpc) is 3.15. The Bertz CT molecular complexity index is 1120. The zero-order valence-electron chi connectivity index (χ0n) is 16.2. The minimum atomic E-state index is -0.314. The monoisotopic (exact) mass is 387 g/mol. The first-order valence-corrected chi connectivity index (χ1v) is 9.34. The molecule has 4 rings (SSSR count). The number of hydrogen-bond donors (Lipinski definition) is 2. The summed E-state index contributed by atoms with van der Waals surface area (Å²) >= 11 is 0. The van der Waals surface area contributed by atoms with E-state index in [1.165, 1.54) is 0 Å². The molecule has 7 heteroatoms. The number of aromatic nitrogens is 3. The Morgan fingerprint density at radius 3 is 2.72 bits per heavy atom. The predicted octanol–water partition coefficient (Wildman–Crippen LogP) is 4.75. The second kappa shape index (κ2) is 8.02. The van der Waals surface area contributed by atoms with Crippen LogP contribution >= 0.6 is 0 Å². The zero-order chi connectivity index (χ0) is 20.2. The molecule has 0 fully saturated rings. The molecule has 0 bridgehead atoms. The SMILES string of the molecule is CCOc1ccc(NC(=O)Nc2cc(-c3cn4cccnc4n3)ccc2C)cc1. The van der Waals surface area contributed by atoms with Crippen LogP contribution in [0, 0.1) is 6.92 Å². The number of ether oxygens (including phenoxy) is 1. The highest BCUT2D eigenvalue weighted by Crippen LogP contribution is 2.25. The van der Waals surface area contributed by atoms with Crippen molar-refractivity contribution in [1.82, 2.24) is 14.4 Å². The molecule has 0 radical (unpaired) electrons. The molecule has 2 heterocycles. The van der Waals surface area contributed by atoms with Crippen molar-refractivity contribution in [2.24, 2.45) is 0 Å². The van der Waals surface area contributed by atoms with Crippen molar-refractivity contribution >= 4 is 23.2 Å². The molecule has 0 aliphatic rings. The normalized spacial score (nSPS) is 10.7. The maximum atomic E-state index is 12.5. The third kappa shape index (κ3) is 4.19. The fraction of sp³-hybridized carbons (Fsp3) is 0.136. The fourth-order valence-corrected chi connectivity index (χ4v) is 2.97. The summed E-state index contributed by atoms with van der Waals surface area (Å²) in [6, 6.07) is 14.6. The summed E-state index contributed by atoms with van der Waals surface area (Å²) in [4.78, 5) is 21.2. The molecular weight excluding hydrogens is 366 g/mol. The lowest BCUT2D eigenvalue weighted by Gasteiger charge is -2.11. The van der Waals surface area contributed by atoms with Crippen LogP contribution in [0.2, 0.25) is 0 Å². The topological polar surface area (TPSA) is 80.5 Å². The van der Waals surface area contributed by atoms with Crippen LogP contribution in [0.3, 0.4) is 0 Å². The van der Waals surface area contributed by atoms with Crippen molar-refractivity contribution < 1.29 is 9.53 Å². The van der Waals surface area contributed by atoms with Gasteiger partial charge in [-0.2, -0.15) is 0 Å². The number of imidazole rings is 1. The Kier molecular flexibility index (Phi) is 5.11. The summed E-state index contributed by atoms with van der Waals surface area (Å²) in [5.41, 5.74) is 4.05. The van der Waals surface area contributed by atoms with Crippen LogP contribution in [0.25, 0.3) is 17.0 Å². The van der Waals surface area contributed by atoms with E-state index in [2.05, 4.69) is 20.6 Å². The molecule has 2 amide bonds. The van der Waals surface area contributed by atoms with Gasteiger partial charge < -0.3 is 15.4 Å². The summed E-state index contributed by atoms with van der Waals surface area (Å²) in [7, 11) is 0. The maximum Gasteiger partial charge on any atom is 0.323 e. The molecule has 146 valence electrons. The van der Waals surface area contributed by atoms with E-state index in [1.54, 1.807) is 18.3 Å². The van der Waals surface area contributed by atoms with E-state index in [4.69, 9.17) is 4.74 Å². The van der Waals surface area contributed by atoms with Gasteiger partial charge in [0.1, 0.15) is 5.75 Å². The van der Waals surface area contributed by atoms with Crippen LogP contribution in [0.1, 0.15) is 12.5 Å². The van der Waals surface area contributed by atoms with Crippen LogP contribution in [-0.2, 0) is 0 Å². The smallest absolute Gasteiger partial charge is 0.323 e. The van der Waals surface area contributed by atoms with E-state index in [0.29, 0.717) is 18.1 Å². The largest absolute Gasteiger partial charge is 0.494 e. The van der Waals surface area contributed by atoms with E-state index in [1.807, 2.05) is 67.0 Å². The number of aryl methyl sites for hydroxylation is 1. The molecular formula is C22H21N5O2. The summed E-state index contributed by atoms with van der Waals surface area (Å²) in [6.45, 7) is 4.48. The molecule has 7 nitrogen and oxygen atoms in total. The van der Waals surface area contributed by atoms with Crippen molar-refractivity contribution in [1.29, 1.82) is 0 Å². The van der Waals surface area contributed by atoms with Crippen molar-refractivity contribution in [3.63, 3.8) is 0 Å². The average molecular weight is 387 g/mol. The van der Waals surface area contributed by atoms with Gasteiger partial charge in [0.25, 0.3) is 0 Å². The summed E-state index contributed by atoms with van der Waals surface area (Å²) < 4.78 is 7.28. The predicted molar refractivity (Wildman–Crippen MR) is 113 cm³/mol. The molecule has 0 aliphatic heterocycles. The lowest BCUT2D eigenvalue weighted by Crippen LogP contribution is -2.20. The van der Waals surface area contributed by atoms with Gasteiger partial charge >= 0.3 is 6.03 Å². The number of nitrogens with one attached hydrogen (secondary N) is 2. The lowest BCUT2D eigenvalue weighted by molar-refractivity contribution is 0.262. The van der Waals surface area contributed by atoms with Crippen molar-refractivity contribution in [2.45, 2.75) is 13.8 Å². The molecule has 0 atom stereocenters. The van der Waals surface area contributed by atoms with Gasteiger partial charge in [0, 0.05) is 35.5 Å². The van der Waals surface area contributed by atoms with Gasteiger partial charge in [0.05, 0.1) is 12.3 Å². The Balaban J connectivity index is 1.50. The minimum absolute atomic E-state index is 0.314. The molecule has 2 aromatic carbocycles. The van der Waals surface area contributed by atoms with Crippen LogP contribution in [0.5, 0.6) is 5.75 Å². The summed E-state index contributed by atoms with van der Waals surface area (Å²) in [6.07, 6.45) is 5.52. The van der Waals surface area contributed by atoms with Crippen molar-refractivity contribution in [3.05, 3.63) is 72.7 Å². The van der Waals surface area contributed by atoms with E-state index in [-0.39, 0.29) is 6.03 Å². The molecule has 29 heavy (non-hydrogen) atoms. The van der Waals surface area contributed by atoms with Crippen LogP contribution in [0.15, 0.2) is 67.1 Å². The third-order valence-electron chi connectivity index (χ3n) is 4.44. The van der Waals surface area contributed by atoms with E-state index < -0.39 is 0 Å². The standard InChI is InChI=1S/C22H21N5O2/c1-3-29-18-9-7-17(8-10-18)24-22(28)26-19-13-16(6-5-15(19)2)20-14-27-12-4-11-23-21(27)25-20/h4-14H,3H2,1-2H3,(H2,24,26,28). The van der Waals surface area contributed by atoms with E-state index >= 15 is 0 Å². The molecule has 0 saturated heterocycles. The van der Waals surface area contributed by atoms with Crippen LogP contribution < -0.4 is 15.4 Å².